The molecule has 2 N–H and O–H groups in total. The molecule has 2 amide bonds. The summed E-state index contributed by atoms with van der Waals surface area (Å²) in [6.07, 6.45) is -1.44. The van der Waals surface area contributed by atoms with Gasteiger partial charge in [-0.15, -0.1) is 0 Å². The second-order valence-electron chi connectivity index (χ2n) is 5.92. The molecular weight excluding hydrogens is 296 g/mol. The number of primary amides is 1. The van der Waals surface area contributed by atoms with Gasteiger partial charge in [0.2, 0.25) is 0 Å². The van der Waals surface area contributed by atoms with E-state index in [0.29, 0.717) is 11.7 Å². The third kappa shape index (κ3) is 2.86. The molecule has 2 aliphatic rings. The van der Waals surface area contributed by atoms with E-state index in [2.05, 4.69) is 23.7 Å². The summed E-state index contributed by atoms with van der Waals surface area (Å²) in [6.45, 7) is 6.15. The fourth-order valence-electron chi connectivity index (χ4n) is 2.83. The predicted octanol–water partition coefficient (Wildman–Crippen LogP) is 0.968. The normalized spacial score (nSPS) is 20.9. The van der Waals surface area contributed by atoms with Crippen LogP contribution in [0.4, 0.5) is 10.5 Å². The highest BCUT2D eigenvalue weighted by Crippen LogP contribution is 2.23. The zero-order chi connectivity index (χ0) is 16.6. The van der Waals surface area contributed by atoms with Crippen LogP contribution in [0.2, 0.25) is 0 Å². The Balaban J connectivity index is 1.78. The molecule has 7 heteroatoms. The predicted molar refractivity (Wildman–Crippen MR) is 86.5 cm³/mol. The number of aliphatic imine (C=N–C) groups is 1. The molecule has 0 unspecified atom stereocenters. The van der Waals surface area contributed by atoms with Crippen LogP contribution in [0.1, 0.15) is 19.4 Å². The lowest BCUT2D eigenvalue weighted by Gasteiger charge is -2.25. The molecule has 23 heavy (non-hydrogen) atoms. The Morgan fingerprint density at radius 3 is 2.61 bits per heavy atom. The van der Waals surface area contributed by atoms with Gasteiger partial charge in [0.1, 0.15) is 5.84 Å². The molecule has 0 saturated carbocycles. The number of rotatable bonds is 4. The molecule has 1 atom stereocenters. The van der Waals surface area contributed by atoms with Gasteiger partial charge in [0, 0.05) is 23.8 Å². The fourth-order valence-corrected chi connectivity index (χ4v) is 2.83. The first-order valence-electron chi connectivity index (χ1n) is 7.66. The van der Waals surface area contributed by atoms with Crippen molar-refractivity contribution in [3.8, 4) is 0 Å². The van der Waals surface area contributed by atoms with Gasteiger partial charge >= 0.3 is 6.09 Å². The smallest absolute Gasteiger partial charge is 0.415 e. The molecule has 2 aliphatic heterocycles. The number of anilines is 1. The van der Waals surface area contributed by atoms with E-state index >= 15 is 0 Å². The first-order valence-corrected chi connectivity index (χ1v) is 7.66. The topological polar surface area (TPSA) is 88.2 Å². The van der Waals surface area contributed by atoms with E-state index in [9.17, 15) is 9.59 Å². The van der Waals surface area contributed by atoms with Crippen molar-refractivity contribution < 1.29 is 14.3 Å². The molecule has 0 spiro atoms. The number of amides is 2. The molecule has 1 fully saturated rings. The summed E-state index contributed by atoms with van der Waals surface area (Å²) < 4.78 is 4.95. The van der Waals surface area contributed by atoms with Crippen LogP contribution in [-0.4, -0.2) is 54.5 Å². The Kier molecular flexibility index (Phi) is 3.94. The molecule has 1 saturated heterocycles. The van der Waals surface area contributed by atoms with E-state index < -0.39 is 18.1 Å². The van der Waals surface area contributed by atoms with Crippen LogP contribution in [-0.2, 0) is 9.53 Å². The van der Waals surface area contributed by atoms with Crippen molar-refractivity contribution >= 4 is 23.5 Å². The van der Waals surface area contributed by atoms with E-state index in [-0.39, 0.29) is 6.54 Å². The Bertz CT molecular complexity index is 654. The van der Waals surface area contributed by atoms with Crippen LogP contribution in [0.5, 0.6) is 0 Å². The van der Waals surface area contributed by atoms with Crippen LogP contribution in [0, 0.1) is 0 Å². The zero-order valence-electron chi connectivity index (χ0n) is 13.2. The van der Waals surface area contributed by atoms with Gasteiger partial charge in [0.05, 0.1) is 13.1 Å². The van der Waals surface area contributed by atoms with Gasteiger partial charge in [0.15, 0.2) is 6.10 Å². The van der Waals surface area contributed by atoms with E-state index in [1.807, 2.05) is 24.3 Å². The summed E-state index contributed by atoms with van der Waals surface area (Å²) in [7, 11) is 0. The quantitative estimate of drug-likeness (QED) is 0.896. The van der Waals surface area contributed by atoms with Crippen molar-refractivity contribution in [1.82, 2.24) is 4.90 Å². The van der Waals surface area contributed by atoms with Crippen molar-refractivity contribution in [2.24, 2.45) is 10.7 Å². The minimum Gasteiger partial charge on any atom is -0.434 e. The second-order valence-corrected chi connectivity index (χ2v) is 5.92. The van der Waals surface area contributed by atoms with Gasteiger partial charge in [-0.25, -0.2) is 4.79 Å². The number of cyclic esters (lactones) is 1. The Morgan fingerprint density at radius 1 is 1.35 bits per heavy atom. The number of amidine groups is 1. The molecule has 7 nitrogen and oxygen atoms in total. The lowest BCUT2D eigenvalue weighted by molar-refractivity contribution is -0.124. The van der Waals surface area contributed by atoms with Crippen LogP contribution >= 0.6 is 0 Å². The molecule has 0 radical (unpaired) electrons. The van der Waals surface area contributed by atoms with Crippen molar-refractivity contribution in [2.45, 2.75) is 26.0 Å². The summed E-state index contributed by atoms with van der Waals surface area (Å²) in [5, 5.41) is 0. The lowest BCUT2D eigenvalue weighted by atomic mass is 10.1. The maximum atomic E-state index is 11.8. The maximum absolute atomic E-state index is 11.8. The van der Waals surface area contributed by atoms with E-state index in [0.717, 1.165) is 24.5 Å². The molecule has 0 aliphatic carbocycles. The van der Waals surface area contributed by atoms with Gasteiger partial charge < -0.3 is 15.4 Å². The highest BCUT2D eigenvalue weighted by molar-refractivity contribution is 6.01. The number of carbonyl (C=O) groups excluding carboxylic acids is 2. The number of ether oxygens (including phenoxy) is 1. The number of nitrogens with zero attached hydrogens (tertiary/aromatic N) is 3. The standard InChI is InChI=1S/C16H20N4O3/c1-10(2)19-8-7-18-15(19)11-3-5-12(6-4-11)20-9-13(14(17)21)23-16(20)22/h3-6,10,13H,7-9H2,1-2H3,(H2,17,21)/t13-/m0/s1. The zero-order valence-corrected chi connectivity index (χ0v) is 13.2. The summed E-state index contributed by atoms with van der Waals surface area (Å²) in [5.41, 5.74) is 6.88. The average molecular weight is 316 g/mol. The SMILES string of the molecule is CC(C)N1CCN=C1c1ccc(N2C[C@@H](C(N)=O)OC2=O)cc1. The van der Waals surface area contributed by atoms with Crippen LogP contribution < -0.4 is 10.6 Å². The third-order valence-corrected chi connectivity index (χ3v) is 4.06. The number of hydrogen-bond donors (Lipinski definition) is 1. The Hall–Kier alpha value is -2.57. The monoisotopic (exact) mass is 316 g/mol. The average Bonchev–Trinajstić information content (AvgIpc) is 3.14. The molecule has 122 valence electrons. The van der Waals surface area contributed by atoms with Crippen LogP contribution in [0.3, 0.4) is 0 Å². The van der Waals surface area contributed by atoms with Gasteiger partial charge in [0.25, 0.3) is 5.91 Å². The number of carbonyl (C=O) groups is 2. The summed E-state index contributed by atoms with van der Waals surface area (Å²) >= 11 is 0. The van der Waals surface area contributed by atoms with Gasteiger partial charge in [-0.1, -0.05) is 0 Å². The number of hydrogen-bond acceptors (Lipinski definition) is 5. The molecular formula is C16H20N4O3. The number of benzene rings is 1. The fraction of sp³-hybridized carbons (Fsp3) is 0.438. The van der Waals surface area contributed by atoms with Crippen molar-refractivity contribution in [3.05, 3.63) is 29.8 Å². The summed E-state index contributed by atoms with van der Waals surface area (Å²) in [5.74, 6) is 0.343. The van der Waals surface area contributed by atoms with Gasteiger partial charge in [-0.2, -0.15) is 0 Å². The highest BCUT2D eigenvalue weighted by Gasteiger charge is 2.35. The molecule has 3 rings (SSSR count). The van der Waals surface area contributed by atoms with Crippen molar-refractivity contribution in [1.29, 1.82) is 0 Å². The first kappa shape index (κ1) is 15.3. The van der Waals surface area contributed by atoms with E-state index in [4.69, 9.17) is 10.5 Å². The van der Waals surface area contributed by atoms with Crippen LogP contribution in [0.25, 0.3) is 0 Å². The maximum Gasteiger partial charge on any atom is 0.415 e. The third-order valence-electron chi connectivity index (χ3n) is 4.06. The lowest BCUT2D eigenvalue weighted by Crippen LogP contribution is -2.34. The van der Waals surface area contributed by atoms with E-state index in [1.165, 1.54) is 4.90 Å². The minimum absolute atomic E-state index is 0.145. The van der Waals surface area contributed by atoms with Crippen molar-refractivity contribution in [2.75, 3.05) is 24.5 Å². The molecule has 0 bridgehead atoms. The Labute approximate surface area is 134 Å². The first-order chi connectivity index (χ1) is 11.0. The van der Waals surface area contributed by atoms with Gasteiger partial charge in [-0.3, -0.25) is 14.7 Å². The largest absolute Gasteiger partial charge is 0.434 e. The van der Waals surface area contributed by atoms with Crippen molar-refractivity contribution in [3.63, 3.8) is 0 Å². The molecule has 0 aromatic heterocycles. The molecule has 1 aromatic carbocycles. The summed E-state index contributed by atoms with van der Waals surface area (Å²) in [6, 6.07) is 7.92. The summed E-state index contributed by atoms with van der Waals surface area (Å²) in [4.78, 5) is 31.2. The van der Waals surface area contributed by atoms with Crippen LogP contribution in [0.15, 0.2) is 29.3 Å². The van der Waals surface area contributed by atoms with Gasteiger partial charge in [-0.05, 0) is 38.1 Å². The Morgan fingerprint density at radius 2 is 2.04 bits per heavy atom. The highest BCUT2D eigenvalue weighted by atomic mass is 16.6. The van der Waals surface area contributed by atoms with E-state index in [1.54, 1.807) is 0 Å². The number of nitrogens with two attached hydrogens (primary N) is 1. The second kappa shape index (κ2) is 5.91. The molecule has 1 aromatic rings. The molecule has 2 heterocycles. The minimum atomic E-state index is -0.891.